The first-order valence-corrected chi connectivity index (χ1v) is 22.3. The van der Waals surface area contributed by atoms with E-state index in [1.54, 1.807) is 6.20 Å². The minimum atomic E-state index is -0.790. The molecule has 0 amide bonds. The van der Waals surface area contributed by atoms with E-state index in [0.29, 0.717) is 5.82 Å². The summed E-state index contributed by atoms with van der Waals surface area (Å²) in [6, 6.07) is 72.4. The number of nitrogens with zero attached hydrogens (tertiary/aromatic N) is 3. The van der Waals surface area contributed by atoms with E-state index in [-0.39, 0.29) is 5.41 Å². The van der Waals surface area contributed by atoms with Crippen molar-refractivity contribution < 1.29 is 4.74 Å². The van der Waals surface area contributed by atoms with Gasteiger partial charge in [0.15, 0.2) is 5.82 Å². The Hall–Kier alpha value is -8.21. The number of aromatic nitrogens is 3. The van der Waals surface area contributed by atoms with Crippen LogP contribution in [0.1, 0.15) is 47.2 Å². The molecule has 4 heteroatoms. The Morgan fingerprint density at radius 2 is 0.938 bits per heavy atom. The average molecular weight is 832 g/mol. The predicted octanol–water partition coefficient (Wildman–Crippen LogP) is 15.0. The van der Waals surface area contributed by atoms with Gasteiger partial charge < -0.3 is 4.74 Å². The molecular formula is C61H41N3O. The van der Waals surface area contributed by atoms with Crippen LogP contribution in [0.5, 0.6) is 11.5 Å². The number of hydrogen-bond donors (Lipinski definition) is 0. The van der Waals surface area contributed by atoms with Crippen molar-refractivity contribution in [3.05, 3.63) is 246 Å². The van der Waals surface area contributed by atoms with E-state index in [1.807, 2.05) is 18.3 Å². The first kappa shape index (κ1) is 37.4. The van der Waals surface area contributed by atoms with Gasteiger partial charge in [-0.1, -0.05) is 178 Å². The Kier molecular flexibility index (Phi) is 8.13. The van der Waals surface area contributed by atoms with Crippen LogP contribution in [0.15, 0.2) is 213 Å². The number of fused-ring (bicyclic) bond motifs is 14. The van der Waals surface area contributed by atoms with Crippen LogP contribution in [0.4, 0.5) is 0 Å². The molecule has 0 N–H and O–H groups in total. The van der Waals surface area contributed by atoms with Crippen molar-refractivity contribution in [1.82, 2.24) is 15.0 Å². The second-order valence-corrected chi connectivity index (χ2v) is 17.9. The molecule has 13 rings (SSSR count). The Bertz CT molecular complexity index is 3540. The van der Waals surface area contributed by atoms with E-state index in [4.69, 9.17) is 14.7 Å². The van der Waals surface area contributed by atoms with Gasteiger partial charge in [0.25, 0.3) is 0 Å². The van der Waals surface area contributed by atoms with E-state index in [0.717, 1.165) is 61.8 Å². The lowest BCUT2D eigenvalue weighted by molar-refractivity contribution is 0.433. The summed E-state index contributed by atoms with van der Waals surface area (Å²) in [4.78, 5) is 15.0. The smallest absolute Gasteiger partial charge is 0.160 e. The highest BCUT2D eigenvalue weighted by molar-refractivity contribution is 5.95. The second-order valence-electron chi connectivity index (χ2n) is 17.9. The minimum Gasteiger partial charge on any atom is -0.457 e. The van der Waals surface area contributed by atoms with E-state index in [9.17, 15) is 0 Å². The quantitative estimate of drug-likeness (QED) is 0.177. The van der Waals surface area contributed by atoms with Crippen LogP contribution in [-0.2, 0) is 10.8 Å². The van der Waals surface area contributed by atoms with Gasteiger partial charge in [-0.2, -0.15) is 0 Å². The predicted molar refractivity (Wildman–Crippen MR) is 262 cm³/mol. The molecule has 0 radical (unpaired) electrons. The number of para-hydroxylation sites is 1. The van der Waals surface area contributed by atoms with Gasteiger partial charge in [0.05, 0.1) is 16.8 Å². The third-order valence-corrected chi connectivity index (χ3v) is 14.1. The number of benzene rings is 8. The summed E-state index contributed by atoms with van der Waals surface area (Å²) in [6.45, 7) is 4.68. The van der Waals surface area contributed by atoms with Gasteiger partial charge in [0, 0.05) is 45.6 Å². The molecule has 3 aliphatic rings. The Morgan fingerprint density at radius 3 is 1.68 bits per heavy atom. The summed E-state index contributed by atoms with van der Waals surface area (Å²) in [6.07, 6.45) is 3.69. The van der Waals surface area contributed by atoms with Gasteiger partial charge in [0.2, 0.25) is 0 Å². The molecule has 306 valence electrons. The van der Waals surface area contributed by atoms with Gasteiger partial charge in [0.1, 0.15) is 11.5 Å². The SMILES string of the molecule is CC1(C)c2ccccc2-c2cc3c(cc21)Oc1ccccc1C31c2ccccc2-c2ccccc2-c2ccc(-c3cc(-c4ccccc4)nc(-c4ccc(-c5cccnc5)cc4)n3)cc21. The zero-order chi connectivity index (χ0) is 43.3. The molecule has 1 unspecified atom stereocenters. The molecule has 0 saturated heterocycles. The van der Waals surface area contributed by atoms with E-state index in [1.165, 1.54) is 55.6 Å². The molecule has 1 aliphatic heterocycles. The van der Waals surface area contributed by atoms with Crippen LogP contribution >= 0.6 is 0 Å². The van der Waals surface area contributed by atoms with Crippen molar-refractivity contribution in [2.24, 2.45) is 0 Å². The minimum absolute atomic E-state index is 0.197. The van der Waals surface area contributed by atoms with Crippen LogP contribution in [0.2, 0.25) is 0 Å². The van der Waals surface area contributed by atoms with Gasteiger partial charge in [-0.3, -0.25) is 4.98 Å². The molecule has 10 aromatic rings. The monoisotopic (exact) mass is 831 g/mol. The zero-order valence-corrected chi connectivity index (χ0v) is 36.0. The summed E-state index contributed by atoms with van der Waals surface area (Å²) in [5.74, 6) is 2.40. The highest BCUT2D eigenvalue weighted by Gasteiger charge is 2.51. The number of ether oxygens (including phenoxy) is 1. The van der Waals surface area contributed by atoms with Crippen LogP contribution in [0.3, 0.4) is 0 Å². The molecule has 0 bridgehead atoms. The topological polar surface area (TPSA) is 47.9 Å². The largest absolute Gasteiger partial charge is 0.457 e. The molecule has 8 aromatic carbocycles. The Labute approximate surface area is 378 Å². The molecule has 1 atom stereocenters. The van der Waals surface area contributed by atoms with Gasteiger partial charge in [-0.15, -0.1) is 0 Å². The Morgan fingerprint density at radius 1 is 0.354 bits per heavy atom. The lowest BCUT2D eigenvalue weighted by Gasteiger charge is -2.43. The number of pyridine rings is 1. The molecule has 2 aromatic heterocycles. The normalized spacial score (nSPS) is 15.5. The van der Waals surface area contributed by atoms with Crippen LogP contribution in [0, 0.1) is 0 Å². The van der Waals surface area contributed by atoms with Crippen molar-refractivity contribution in [2.75, 3.05) is 0 Å². The van der Waals surface area contributed by atoms with Gasteiger partial charge in [-0.25, -0.2) is 9.97 Å². The van der Waals surface area contributed by atoms with E-state index >= 15 is 0 Å². The molecule has 3 heterocycles. The summed E-state index contributed by atoms with van der Waals surface area (Å²) in [5.41, 5.74) is 20.4. The summed E-state index contributed by atoms with van der Waals surface area (Å²) in [5, 5.41) is 0. The maximum absolute atomic E-state index is 7.13. The lowest BCUT2D eigenvalue weighted by Crippen LogP contribution is -2.35. The fourth-order valence-corrected chi connectivity index (χ4v) is 11.0. The number of rotatable bonds is 4. The lowest BCUT2D eigenvalue weighted by atomic mass is 9.61. The second kappa shape index (κ2) is 14.2. The molecule has 2 aliphatic carbocycles. The van der Waals surface area contributed by atoms with Crippen molar-refractivity contribution >= 4 is 0 Å². The molecular weight excluding hydrogens is 791 g/mol. The molecule has 1 spiro atoms. The molecule has 0 fully saturated rings. The molecule has 0 saturated carbocycles. The average Bonchev–Trinajstić information content (AvgIpc) is 3.53. The first-order valence-electron chi connectivity index (χ1n) is 22.3. The summed E-state index contributed by atoms with van der Waals surface area (Å²) in [7, 11) is 0. The molecule has 4 nitrogen and oxygen atoms in total. The molecule has 65 heavy (non-hydrogen) atoms. The first-order chi connectivity index (χ1) is 32.0. The third-order valence-electron chi connectivity index (χ3n) is 14.1. The van der Waals surface area contributed by atoms with Crippen LogP contribution in [0.25, 0.3) is 78.4 Å². The third kappa shape index (κ3) is 5.53. The van der Waals surface area contributed by atoms with Crippen molar-refractivity contribution in [2.45, 2.75) is 24.7 Å². The van der Waals surface area contributed by atoms with Crippen LogP contribution in [-0.4, -0.2) is 15.0 Å². The van der Waals surface area contributed by atoms with Gasteiger partial charge >= 0.3 is 0 Å². The number of hydrogen-bond acceptors (Lipinski definition) is 4. The maximum atomic E-state index is 7.13. The van der Waals surface area contributed by atoms with E-state index < -0.39 is 5.41 Å². The maximum Gasteiger partial charge on any atom is 0.160 e. The summed E-state index contributed by atoms with van der Waals surface area (Å²) < 4.78 is 7.13. The van der Waals surface area contributed by atoms with Crippen molar-refractivity contribution in [3.8, 4) is 89.9 Å². The summed E-state index contributed by atoms with van der Waals surface area (Å²) >= 11 is 0. The van der Waals surface area contributed by atoms with Gasteiger partial charge in [-0.05, 0) is 103 Å². The fourth-order valence-electron chi connectivity index (χ4n) is 11.0. The van der Waals surface area contributed by atoms with Crippen LogP contribution < -0.4 is 4.74 Å². The standard InChI is InChI=1S/C61H41N3O/c1-60(2)49-22-10-8-21-46(49)48-34-54-58(35-52(48)60)65-57-25-13-12-24-51(57)61(54)50-23-11-9-20-45(50)43-18-6-7-19-44(43)47-31-30-41(33-53(47)61)56-36-55(39-15-4-3-5-16-39)63-59(64-56)40-28-26-38(27-29-40)42-17-14-32-62-37-42/h3-37H,1-2H3. The highest BCUT2D eigenvalue weighted by Crippen LogP contribution is 2.63. The van der Waals surface area contributed by atoms with E-state index in [2.05, 4.69) is 207 Å². The highest BCUT2D eigenvalue weighted by atomic mass is 16.5. The fraction of sp³-hybridized carbons (Fsp3) is 0.0656. The van der Waals surface area contributed by atoms with Crippen molar-refractivity contribution in [1.29, 1.82) is 0 Å². The zero-order valence-electron chi connectivity index (χ0n) is 36.0. The van der Waals surface area contributed by atoms with Crippen molar-refractivity contribution in [3.63, 3.8) is 0 Å². The Balaban J connectivity index is 1.11.